The van der Waals surface area contributed by atoms with Crippen LogP contribution in [0.15, 0.2) is 45.6 Å². The molecule has 0 aromatic carbocycles. The minimum Gasteiger partial charge on any atom is -0.468 e. The van der Waals surface area contributed by atoms with Gasteiger partial charge < -0.3 is 8.83 Å². The van der Waals surface area contributed by atoms with Crippen molar-refractivity contribution in [1.29, 1.82) is 0 Å². The van der Waals surface area contributed by atoms with Gasteiger partial charge in [0, 0.05) is 0 Å². The Bertz CT molecular complexity index is 305. The normalized spacial score (nSPS) is 10.9. The zero-order valence-corrected chi connectivity index (χ0v) is 8.42. The maximum Gasteiger partial charge on any atom is 0.130 e. The van der Waals surface area contributed by atoms with Gasteiger partial charge in [0.2, 0.25) is 0 Å². The van der Waals surface area contributed by atoms with Gasteiger partial charge in [0.15, 0.2) is 0 Å². The summed E-state index contributed by atoms with van der Waals surface area (Å²) in [6, 6.07) is 7.54. The van der Waals surface area contributed by atoms with Gasteiger partial charge in [-0.3, -0.25) is 0 Å². The lowest BCUT2D eigenvalue weighted by molar-refractivity contribution is 0.471. The Balaban J connectivity index is 2.29. The second-order valence-electron chi connectivity index (χ2n) is 2.52. The highest BCUT2D eigenvalue weighted by Gasteiger charge is 2.18. The fourth-order valence-corrected chi connectivity index (χ4v) is 2.22. The Labute approximate surface area is 85.1 Å². The summed E-state index contributed by atoms with van der Waals surface area (Å²) >= 11 is 4.19. The summed E-state index contributed by atoms with van der Waals surface area (Å²) in [5, 5.41) is 0.0355. The molecule has 0 radical (unpaired) electrons. The molecule has 2 heterocycles. The van der Waals surface area contributed by atoms with Crippen molar-refractivity contribution in [2.24, 2.45) is 0 Å². The first kappa shape index (κ1) is 8.84. The highest BCUT2D eigenvalue weighted by molar-refractivity contribution is 8.68. The average Bonchev–Trinajstić information content (AvgIpc) is 2.76. The molecule has 0 spiro atoms. The maximum atomic E-state index is 5.28. The van der Waals surface area contributed by atoms with Gasteiger partial charge in [-0.15, -0.1) is 11.7 Å². The van der Waals surface area contributed by atoms with Crippen LogP contribution in [0.1, 0.15) is 16.8 Å². The van der Waals surface area contributed by atoms with E-state index in [4.69, 9.17) is 8.83 Å². The van der Waals surface area contributed by atoms with Gasteiger partial charge in [0.05, 0.1) is 12.5 Å². The molecule has 2 nitrogen and oxygen atoms in total. The van der Waals surface area contributed by atoms with E-state index >= 15 is 0 Å². The third-order valence-corrected chi connectivity index (χ3v) is 3.02. The van der Waals surface area contributed by atoms with Crippen molar-refractivity contribution in [3.05, 3.63) is 48.3 Å². The van der Waals surface area contributed by atoms with Crippen LogP contribution in [0.25, 0.3) is 0 Å². The lowest BCUT2D eigenvalue weighted by atomic mass is 10.2. The Hall–Kier alpha value is -0.740. The predicted octanol–water partition coefficient (Wildman–Crippen LogP) is 3.54. The molecule has 68 valence electrons. The molecular weight excluding hydrogens is 204 g/mol. The summed E-state index contributed by atoms with van der Waals surface area (Å²) in [5.74, 6) is 1.71. The molecule has 0 saturated heterocycles. The van der Waals surface area contributed by atoms with Crippen LogP contribution >= 0.6 is 22.5 Å². The first-order chi connectivity index (χ1) is 6.42. The van der Waals surface area contributed by atoms with Crippen LogP contribution in [0.2, 0.25) is 0 Å². The van der Waals surface area contributed by atoms with Crippen LogP contribution in [0.5, 0.6) is 0 Å². The van der Waals surface area contributed by atoms with Crippen LogP contribution in [0.3, 0.4) is 0 Å². The lowest BCUT2D eigenvalue weighted by Gasteiger charge is -2.06. The molecule has 2 aromatic rings. The minimum absolute atomic E-state index is 0.0355. The Morgan fingerprint density at radius 1 is 1.08 bits per heavy atom. The van der Waals surface area contributed by atoms with Crippen LogP contribution in [-0.2, 0) is 0 Å². The summed E-state index contributed by atoms with van der Waals surface area (Å²) in [7, 11) is 1.39. The molecule has 0 unspecified atom stereocenters. The van der Waals surface area contributed by atoms with E-state index in [1.54, 1.807) is 12.5 Å². The van der Waals surface area contributed by atoms with E-state index < -0.39 is 0 Å². The number of furan rings is 2. The van der Waals surface area contributed by atoms with Gasteiger partial charge in [-0.05, 0) is 24.3 Å². The number of thiol groups is 1. The zero-order valence-electron chi connectivity index (χ0n) is 6.71. The van der Waals surface area contributed by atoms with Gasteiger partial charge in [0.25, 0.3) is 0 Å². The van der Waals surface area contributed by atoms with Crippen molar-refractivity contribution in [2.75, 3.05) is 0 Å². The molecule has 2 rings (SSSR count). The second kappa shape index (κ2) is 3.98. The van der Waals surface area contributed by atoms with E-state index in [1.165, 1.54) is 10.8 Å². The largest absolute Gasteiger partial charge is 0.468 e. The van der Waals surface area contributed by atoms with Gasteiger partial charge in [-0.1, -0.05) is 10.8 Å². The second-order valence-corrected chi connectivity index (χ2v) is 3.83. The minimum atomic E-state index is 0.0355. The van der Waals surface area contributed by atoms with Crippen LogP contribution in [-0.4, -0.2) is 0 Å². The Morgan fingerprint density at radius 2 is 1.62 bits per heavy atom. The summed E-state index contributed by atoms with van der Waals surface area (Å²) < 4.78 is 10.6. The van der Waals surface area contributed by atoms with Crippen molar-refractivity contribution < 1.29 is 8.83 Å². The number of hydrogen-bond donors (Lipinski definition) is 1. The topological polar surface area (TPSA) is 26.3 Å². The monoisotopic (exact) mass is 212 g/mol. The van der Waals surface area contributed by atoms with Gasteiger partial charge in [0.1, 0.15) is 16.8 Å². The molecular formula is C9H8O2S2. The fraction of sp³-hybridized carbons (Fsp3) is 0.111. The third-order valence-electron chi connectivity index (χ3n) is 1.71. The molecule has 2 aromatic heterocycles. The maximum absolute atomic E-state index is 5.28. The Kier molecular flexibility index (Phi) is 2.71. The highest BCUT2D eigenvalue weighted by atomic mass is 33.1. The van der Waals surface area contributed by atoms with Crippen molar-refractivity contribution in [1.82, 2.24) is 0 Å². The molecule has 0 saturated carbocycles. The van der Waals surface area contributed by atoms with Gasteiger partial charge >= 0.3 is 0 Å². The lowest BCUT2D eigenvalue weighted by Crippen LogP contribution is -1.89. The molecule has 0 bridgehead atoms. The first-order valence-electron chi connectivity index (χ1n) is 3.79. The van der Waals surface area contributed by atoms with E-state index in [-0.39, 0.29) is 5.25 Å². The number of hydrogen-bond acceptors (Lipinski definition) is 4. The highest BCUT2D eigenvalue weighted by Crippen LogP contribution is 2.37. The number of rotatable bonds is 3. The van der Waals surface area contributed by atoms with Crippen LogP contribution in [0.4, 0.5) is 0 Å². The van der Waals surface area contributed by atoms with Crippen molar-refractivity contribution >= 4 is 22.5 Å². The molecule has 0 aliphatic heterocycles. The Morgan fingerprint density at radius 3 is 1.92 bits per heavy atom. The van der Waals surface area contributed by atoms with Crippen molar-refractivity contribution in [2.45, 2.75) is 5.25 Å². The smallest absolute Gasteiger partial charge is 0.130 e. The van der Waals surface area contributed by atoms with E-state index in [0.717, 1.165) is 11.5 Å². The average molecular weight is 212 g/mol. The molecule has 0 amide bonds. The van der Waals surface area contributed by atoms with Crippen molar-refractivity contribution in [3.63, 3.8) is 0 Å². The molecule has 0 N–H and O–H groups in total. The van der Waals surface area contributed by atoms with Crippen molar-refractivity contribution in [3.8, 4) is 0 Å². The van der Waals surface area contributed by atoms with Gasteiger partial charge in [-0.2, -0.15) is 0 Å². The predicted molar refractivity (Wildman–Crippen MR) is 55.8 cm³/mol. The van der Waals surface area contributed by atoms with Crippen LogP contribution in [0, 0.1) is 0 Å². The summed E-state index contributed by atoms with van der Waals surface area (Å²) in [5.41, 5.74) is 0. The molecule has 13 heavy (non-hydrogen) atoms. The summed E-state index contributed by atoms with van der Waals surface area (Å²) in [4.78, 5) is 0. The van der Waals surface area contributed by atoms with E-state index in [9.17, 15) is 0 Å². The third kappa shape index (κ3) is 1.78. The van der Waals surface area contributed by atoms with E-state index in [2.05, 4.69) is 11.7 Å². The first-order valence-corrected chi connectivity index (χ1v) is 5.72. The van der Waals surface area contributed by atoms with Gasteiger partial charge in [-0.25, -0.2) is 0 Å². The van der Waals surface area contributed by atoms with E-state index in [0.29, 0.717) is 0 Å². The SMILES string of the molecule is SSC(c1ccco1)c1ccco1. The van der Waals surface area contributed by atoms with E-state index in [1.807, 2.05) is 24.3 Å². The zero-order chi connectivity index (χ0) is 9.10. The summed E-state index contributed by atoms with van der Waals surface area (Å²) in [6.45, 7) is 0. The standard InChI is InChI=1S/C9H8O2S2/c12-13-9(7-3-1-5-10-7)8-4-2-6-11-8/h1-6,9,12H. The molecule has 0 aliphatic carbocycles. The summed E-state index contributed by atoms with van der Waals surface area (Å²) in [6.07, 6.45) is 3.30. The molecule has 0 aliphatic rings. The fourth-order valence-electron chi connectivity index (χ4n) is 1.13. The molecule has 0 fully saturated rings. The van der Waals surface area contributed by atoms with Crippen LogP contribution < -0.4 is 0 Å². The quantitative estimate of drug-likeness (QED) is 0.622. The molecule has 0 atom stereocenters. The molecule has 4 heteroatoms.